The summed E-state index contributed by atoms with van der Waals surface area (Å²) in [5, 5.41) is 4.91. The summed E-state index contributed by atoms with van der Waals surface area (Å²) in [5.41, 5.74) is -0.0666. The van der Waals surface area contributed by atoms with Crippen molar-refractivity contribution in [2.24, 2.45) is 0 Å². The summed E-state index contributed by atoms with van der Waals surface area (Å²) >= 11 is 1.60. The number of thiophene rings is 1. The van der Waals surface area contributed by atoms with Crippen molar-refractivity contribution >= 4 is 22.9 Å². The minimum Gasteiger partial charge on any atom is -0.369 e. The Bertz CT molecular complexity index is 756. The summed E-state index contributed by atoms with van der Waals surface area (Å²) in [4.78, 5) is 17.5. The Hall–Kier alpha value is -2.06. The molecule has 0 spiro atoms. The number of rotatable bonds is 5. The third-order valence-corrected chi connectivity index (χ3v) is 5.67. The maximum atomic E-state index is 12.9. The fraction of sp³-hybridized carbons (Fsp3) is 0.421. The Kier molecular flexibility index (Phi) is 6.06. The number of hydrogen-bond donors (Lipinski definition) is 1. The van der Waals surface area contributed by atoms with Crippen LogP contribution in [0.25, 0.3) is 0 Å². The number of anilines is 1. The fourth-order valence-electron chi connectivity index (χ4n) is 3.15. The van der Waals surface area contributed by atoms with Gasteiger partial charge in [0, 0.05) is 36.7 Å². The average Bonchev–Trinajstić information content (AvgIpc) is 3.19. The van der Waals surface area contributed by atoms with E-state index < -0.39 is 11.7 Å². The molecule has 3 rings (SSSR count). The van der Waals surface area contributed by atoms with E-state index in [4.69, 9.17) is 0 Å². The summed E-state index contributed by atoms with van der Waals surface area (Å²) in [6, 6.07) is 9.06. The molecule has 8 heteroatoms. The molecule has 1 atom stereocenters. The smallest absolute Gasteiger partial charge is 0.369 e. The van der Waals surface area contributed by atoms with Gasteiger partial charge in [-0.1, -0.05) is 12.1 Å². The molecule has 1 unspecified atom stereocenters. The lowest BCUT2D eigenvalue weighted by atomic mass is 10.1. The van der Waals surface area contributed by atoms with E-state index in [1.807, 2.05) is 29.3 Å². The van der Waals surface area contributed by atoms with Gasteiger partial charge in [-0.2, -0.15) is 13.2 Å². The molecule has 1 aliphatic heterocycles. The molecular formula is C19H22F3N3OS. The molecule has 1 aromatic heterocycles. The van der Waals surface area contributed by atoms with Crippen LogP contribution in [-0.4, -0.2) is 43.0 Å². The van der Waals surface area contributed by atoms with E-state index in [1.165, 1.54) is 12.1 Å². The first-order valence-corrected chi connectivity index (χ1v) is 9.69. The zero-order valence-corrected chi connectivity index (χ0v) is 15.8. The first-order chi connectivity index (χ1) is 12.8. The highest BCUT2D eigenvalue weighted by Gasteiger charge is 2.31. The number of carbonyl (C=O) groups excluding carboxylic acids is 1. The fourth-order valence-corrected chi connectivity index (χ4v) is 3.79. The van der Waals surface area contributed by atoms with Crippen LogP contribution in [0, 0.1) is 0 Å². The van der Waals surface area contributed by atoms with Crippen LogP contribution in [0.4, 0.5) is 18.9 Å². The molecule has 27 heavy (non-hydrogen) atoms. The molecular weight excluding hydrogens is 375 g/mol. The van der Waals surface area contributed by atoms with Gasteiger partial charge >= 0.3 is 6.18 Å². The molecule has 0 bridgehead atoms. The van der Waals surface area contributed by atoms with Crippen LogP contribution in [-0.2, 0) is 17.5 Å². The maximum Gasteiger partial charge on any atom is 0.416 e. The van der Waals surface area contributed by atoms with Gasteiger partial charge in [-0.15, -0.1) is 11.3 Å². The van der Waals surface area contributed by atoms with Gasteiger partial charge in [0.15, 0.2) is 0 Å². The normalized spacial score (nSPS) is 17.0. The quantitative estimate of drug-likeness (QED) is 0.838. The summed E-state index contributed by atoms with van der Waals surface area (Å²) in [6.45, 7) is 4.82. The van der Waals surface area contributed by atoms with Gasteiger partial charge < -0.3 is 10.2 Å². The van der Waals surface area contributed by atoms with Crippen molar-refractivity contribution in [3.05, 3.63) is 52.2 Å². The van der Waals surface area contributed by atoms with Crippen molar-refractivity contribution in [3.63, 3.8) is 0 Å². The number of carbonyl (C=O) groups is 1. The lowest BCUT2D eigenvalue weighted by Gasteiger charge is -2.38. The predicted molar refractivity (Wildman–Crippen MR) is 101 cm³/mol. The molecule has 0 aliphatic carbocycles. The molecule has 1 N–H and O–H groups in total. The minimum atomic E-state index is -4.34. The van der Waals surface area contributed by atoms with Crippen molar-refractivity contribution in [3.8, 4) is 0 Å². The van der Waals surface area contributed by atoms with Gasteiger partial charge in [0.2, 0.25) is 5.91 Å². The molecule has 4 nitrogen and oxygen atoms in total. The van der Waals surface area contributed by atoms with E-state index in [1.54, 1.807) is 17.4 Å². The predicted octanol–water partition coefficient (Wildman–Crippen LogP) is 3.59. The van der Waals surface area contributed by atoms with Crippen molar-refractivity contribution in [2.75, 3.05) is 31.1 Å². The molecule has 2 aromatic rings. The summed E-state index contributed by atoms with van der Waals surface area (Å²) in [7, 11) is 0. The number of halogens is 3. The highest BCUT2D eigenvalue weighted by Crippen LogP contribution is 2.31. The molecule has 1 aliphatic rings. The highest BCUT2D eigenvalue weighted by atomic mass is 32.1. The standard InChI is InChI=1S/C19H22F3N3OS/c1-14(18(26)23-13-17-6-3-11-27-17)24-7-9-25(10-8-24)16-5-2-4-15(12-16)19(20,21)22/h2-6,11-12,14H,7-10,13H2,1H3,(H,23,26). The monoisotopic (exact) mass is 397 g/mol. The zero-order valence-electron chi connectivity index (χ0n) is 15.0. The van der Waals surface area contributed by atoms with E-state index in [-0.39, 0.29) is 11.9 Å². The lowest BCUT2D eigenvalue weighted by Crippen LogP contribution is -2.53. The number of nitrogens with one attached hydrogen (secondary N) is 1. The van der Waals surface area contributed by atoms with Crippen LogP contribution in [0.1, 0.15) is 17.4 Å². The second kappa shape index (κ2) is 8.31. The largest absolute Gasteiger partial charge is 0.416 e. The van der Waals surface area contributed by atoms with Crippen molar-refractivity contribution in [2.45, 2.75) is 25.7 Å². The van der Waals surface area contributed by atoms with Crippen LogP contribution in [0.15, 0.2) is 41.8 Å². The Morgan fingerprint density at radius 2 is 1.93 bits per heavy atom. The summed E-state index contributed by atoms with van der Waals surface area (Å²) in [6.07, 6.45) is -4.34. The average molecular weight is 397 g/mol. The highest BCUT2D eigenvalue weighted by molar-refractivity contribution is 7.09. The third kappa shape index (κ3) is 5.01. The first-order valence-electron chi connectivity index (χ1n) is 8.81. The topological polar surface area (TPSA) is 35.6 Å². The SMILES string of the molecule is CC(C(=O)NCc1cccs1)N1CCN(c2cccc(C(F)(F)F)c2)CC1. The van der Waals surface area contributed by atoms with Gasteiger partial charge in [0.25, 0.3) is 0 Å². The van der Waals surface area contributed by atoms with Crippen LogP contribution < -0.4 is 10.2 Å². The number of nitrogens with zero attached hydrogens (tertiary/aromatic N) is 2. The van der Waals surface area contributed by atoms with Crippen LogP contribution in [0.5, 0.6) is 0 Å². The van der Waals surface area contributed by atoms with Crippen molar-refractivity contribution in [1.82, 2.24) is 10.2 Å². The number of hydrogen-bond acceptors (Lipinski definition) is 4. The zero-order chi connectivity index (χ0) is 19.4. The Labute approximate surface area is 160 Å². The van der Waals surface area contributed by atoms with E-state index in [2.05, 4.69) is 10.2 Å². The Morgan fingerprint density at radius 1 is 1.19 bits per heavy atom. The van der Waals surface area contributed by atoms with Crippen LogP contribution >= 0.6 is 11.3 Å². The second-order valence-corrected chi connectivity index (χ2v) is 7.58. The summed E-state index contributed by atoms with van der Waals surface area (Å²) < 4.78 is 38.7. The third-order valence-electron chi connectivity index (χ3n) is 4.80. The maximum absolute atomic E-state index is 12.9. The molecule has 1 aromatic carbocycles. The van der Waals surface area contributed by atoms with E-state index in [0.29, 0.717) is 38.4 Å². The van der Waals surface area contributed by atoms with E-state index in [0.717, 1.165) is 10.9 Å². The van der Waals surface area contributed by atoms with E-state index >= 15 is 0 Å². The molecule has 1 saturated heterocycles. The summed E-state index contributed by atoms with van der Waals surface area (Å²) in [5.74, 6) is -0.0316. The molecule has 2 heterocycles. The number of alkyl halides is 3. The lowest BCUT2D eigenvalue weighted by molar-refractivity contribution is -0.137. The van der Waals surface area contributed by atoms with Gasteiger partial charge in [-0.05, 0) is 36.6 Å². The van der Waals surface area contributed by atoms with Gasteiger partial charge in [0.05, 0.1) is 18.2 Å². The molecule has 0 saturated carbocycles. The Morgan fingerprint density at radius 3 is 2.56 bits per heavy atom. The number of benzene rings is 1. The molecule has 1 amide bonds. The van der Waals surface area contributed by atoms with Gasteiger partial charge in [-0.3, -0.25) is 9.69 Å². The second-order valence-electron chi connectivity index (χ2n) is 6.54. The van der Waals surface area contributed by atoms with Crippen molar-refractivity contribution in [1.29, 1.82) is 0 Å². The van der Waals surface area contributed by atoms with Crippen molar-refractivity contribution < 1.29 is 18.0 Å². The van der Waals surface area contributed by atoms with E-state index in [9.17, 15) is 18.0 Å². The van der Waals surface area contributed by atoms with Gasteiger partial charge in [-0.25, -0.2) is 0 Å². The molecule has 146 valence electrons. The minimum absolute atomic E-state index is 0.0316. The number of piperazine rings is 1. The Balaban J connectivity index is 1.53. The first kappa shape index (κ1) is 19.7. The molecule has 0 radical (unpaired) electrons. The van der Waals surface area contributed by atoms with Gasteiger partial charge in [0.1, 0.15) is 0 Å². The molecule has 1 fully saturated rings. The van der Waals surface area contributed by atoms with Crippen LogP contribution in [0.2, 0.25) is 0 Å². The van der Waals surface area contributed by atoms with Crippen LogP contribution in [0.3, 0.4) is 0 Å². The number of amides is 1.